The number of nitrogens with one attached hydrogen (secondary N) is 3. The van der Waals surface area contributed by atoms with Gasteiger partial charge in [-0.05, 0) is 62.6 Å². The Morgan fingerprint density at radius 3 is 2.59 bits per heavy atom. The van der Waals surface area contributed by atoms with E-state index in [-0.39, 0.29) is 30.3 Å². The van der Waals surface area contributed by atoms with Crippen LogP contribution in [-0.2, 0) is 11.3 Å². The number of amides is 2. The van der Waals surface area contributed by atoms with Crippen LogP contribution < -0.4 is 16.0 Å². The molecule has 2 aliphatic rings. The Morgan fingerprint density at radius 2 is 1.93 bits per heavy atom. The molecule has 0 spiro atoms. The summed E-state index contributed by atoms with van der Waals surface area (Å²) >= 11 is 0. The highest BCUT2D eigenvalue weighted by Gasteiger charge is 2.34. The van der Waals surface area contributed by atoms with E-state index in [0.717, 1.165) is 24.8 Å². The minimum atomic E-state index is -0.0577. The molecule has 5 nitrogen and oxygen atoms in total. The van der Waals surface area contributed by atoms with Gasteiger partial charge in [0, 0.05) is 36.7 Å². The van der Waals surface area contributed by atoms with Crippen LogP contribution in [0.25, 0.3) is 0 Å². The number of rotatable bonds is 7. The van der Waals surface area contributed by atoms with E-state index in [0.29, 0.717) is 36.5 Å². The van der Waals surface area contributed by atoms with Crippen molar-refractivity contribution < 1.29 is 9.59 Å². The fraction of sp³-hybridized carbons (Fsp3) is 0.619. The second-order valence-corrected chi connectivity index (χ2v) is 7.94. The van der Waals surface area contributed by atoms with Crippen LogP contribution in [0.15, 0.2) is 24.3 Å². The number of benzene rings is 1. The molecule has 3 atom stereocenters. The molecule has 3 N–H and O–H groups in total. The van der Waals surface area contributed by atoms with Gasteiger partial charge in [0.25, 0.3) is 5.91 Å². The second-order valence-electron chi connectivity index (χ2n) is 7.94. The summed E-state index contributed by atoms with van der Waals surface area (Å²) < 4.78 is 0. The van der Waals surface area contributed by atoms with Crippen LogP contribution >= 0.6 is 12.4 Å². The SMILES string of the molecule is CCC(C)NC(=O)c1cccc(CNC(=O)CC2CC3CCC(C2)N3)c1.Cl. The van der Waals surface area contributed by atoms with Gasteiger partial charge < -0.3 is 16.0 Å². The largest absolute Gasteiger partial charge is 0.352 e. The molecule has 2 aliphatic heterocycles. The van der Waals surface area contributed by atoms with Crippen LogP contribution in [0.5, 0.6) is 0 Å². The molecule has 1 aromatic carbocycles. The topological polar surface area (TPSA) is 70.2 Å². The highest BCUT2D eigenvalue weighted by atomic mass is 35.5. The summed E-state index contributed by atoms with van der Waals surface area (Å²) in [5, 5.41) is 9.61. The van der Waals surface area contributed by atoms with Crippen LogP contribution in [-0.4, -0.2) is 29.9 Å². The molecular formula is C21H32ClN3O2. The van der Waals surface area contributed by atoms with Crippen molar-refractivity contribution in [3.05, 3.63) is 35.4 Å². The summed E-state index contributed by atoms with van der Waals surface area (Å²) in [5.74, 6) is 0.560. The summed E-state index contributed by atoms with van der Waals surface area (Å²) in [6, 6.07) is 8.89. The number of hydrogen-bond donors (Lipinski definition) is 3. The molecule has 0 saturated carbocycles. The Balaban J connectivity index is 0.00000261. The lowest BCUT2D eigenvalue weighted by atomic mass is 9.89. The third-order valence-electron chi connectivity index (χ3n) is 5.71. The standard InChI is InChI=1S/C21H31N3O2.ClH/c1-3-14(2)23-21(26)17-6-4-5-15(9-17)13-22-20(25)12-16-10-18-7-8-19(11-16)24-18;/h4-6,9,14,16,18-19,24H,3,7-8,10-13H2,1-2H3,(H,22,25)(H,23,26);1H. The van der Waals surface area contributed by atoms with Gasteiger partial charge >= 0.3 is 0 Å². The molecular weight excluding hydrogens is 362 g/mol. The molecule has 2 bridgehead atoms. The van der Waals surface area contributed by atoms with E-state index in [1.54, 1.807) is 0 Å². The molecule has 3 unspecified atom stereocenters. The van der Waals surface area contributed by atoms with Crippen LogP contribution in [0.3, 0.4) is 0 Å². The monoisotopic (exact) mass is 393 g/mol. The zero-order chi connectivity index (χ0) is 18.5. The number of carbonyl (C=O) groups is 2. The van der Waals surface area contributed by atoms with Gasteiger partial charge in [0.1, 0.15) is 0 Å². The lowest BCUT2D eigenvalue weighted by Crippen LogP contribution is -2.39. The van der Waals surface area contributed by atoms with E-state index < -0.39 is 0 Å². The van der Waals surface area contributed by atoms with Gasteiger partial charge in [-0.15, -0.1) is 12.4 Å². The third kappa shape index (κ3) is 6.22. The zero-order valence-corrected chi connectivity index (χ0v) is 17.1. The highest BCUT2D eigenvalue weighted by Crippen LogP contribution is 2.32. The van der Waals surface area contributed by atoms with Crippen molar-refractivity contribution in [3.63, 3.8) is 0 Å². The number of carbonyl (C=O) groups excluding carboxylic acids is 2. The Bertz CT molecular complexity index is 640. The number of hydrogen-bond acceptors (Lipinski definition) is 3. The maximum atomic E-state index is 12.3. The molecule has 150 valence electrons. The van der Waals surface area contributed by atoms with Crippen molar-refractivity contribution in [2.75, 3.05) is 0 Å². The minimum Gasteiger partial charge on any atom is -0.352 e. The van der Waals surface area contributed by atoms with Crippen molar-refractivity contribution in [3.8, 4) is 0 Å². The van der Waals surface area contributed by atoms with Gasteiger partial charge in [-0.2, -0.15) is 0 Å². The average molecular weight is 394 g/mol. The fourth-order valence-electron chi connectivity index (χ4n) is 4.11. The van der Waals surface area contributed by atoms with Crippen LogP contribution in [0.1, 0.15) is 68.3 Å². The van der Waals surface area contributed by atoms with Gasteiger partial charge in [0.05, 0.1) is 0 Å². The Labute approximate surface area is 168 Å². The second kappa shape index (κ2) is 10.1. The molecule has 3 rings (SSSR count). The molecule has 0 aliphatic carbocycles. The Hall–Kier alpha value is -1.59. The Kier molecular flexibility index (Phi) is 8.11. The van der Waals surface area contributed by atoms with E-state index in [9.17, 15) is 9.59 Å². The third-order valence-corrected chi connectivity index (χ3v) is 5.71. The van der Waals surface area contributed by atoms with Crippen molar-refractivity contribution >= 4 is 24.2 Å². The van der Waals surface area contributed by atoms with Crippen LogP contribution in [0.4, 0.5) is 0 Å². The quantitative estimate of drug-likeness (QED) is 0.666. The first-order valence-electron chi connectivity index (χ1n) is 9.96. The summed E-state index contributed by atoms with van der Waals surface area (Å²) in [4.78, 5) is 24.5. The first-order chi connectivity index (χ1) is 12.5. The molecule has 27 heavy (non-hydrogen) atoms. The summed E-state index contributed by atoms with van der Waals surface area (Å²) in [6.45, 7) is 4.51. The number of fused-ring (bicyclic) bond motifs is 2. The molecule has 6 heteroatoms. The van der Waals surface area contributed by atoms with Crippen molar-refractivity contribution in [2.24, 2.45) is 5.92 Å². The van der Waals surface area contributed by atoms with Gasteiger partial charge in [0.15, 0.2) is 0 Å². The molecule has 2 heterocycles. The van der Waals surface area contributed by atoms with Gasteiger partial charge in [-0.1, -0.05) is 19.1 Å². The average Bonchev–Trinajstić information content (AvgIpc) is 2.98. The number of halogens is 1. The molecule has 0 aromatic heterocycles. The van der Waals surface area contributed by atoms with E-state index >= 15 is 0 Å². The van der Waals surface area contributed by atoms with E-state index in [1.165, 1.54) is 12.8 Å². The molecule has 2 amide bonds. The Morgan fingerprint density at radius 1 is 1.22 bits per heavy atom. The highest BCUT2D eigenvalue weighted by molar-refractivity contribution is 5.94. The maximum absolute atomic E-state index is 12.3. The fourth-order valence-corrected chi connectivity index (χ4v) is 4.11. The number of piperidine rings is 1. The smallest absolute Gasteiger partial charge is 0.251 e. The van der Waals surface area contributed by atoms with Crippen molar-refractivity contribution in [2.45, 2.75) is 77.0 Å². The molecule has 2 fully saturated rings. The normalized spacial score (nSPS) is 24.6. The predicted molar refractivity (Wildman–Crippen MR) is 110 cm³/mol. The van der Waals surface area contributed by atoms with Gasteiger partial charge in [-0.3, -0.25) is 9.59 Å². The van der Waals surface area contributed by atoms with Crippen LogP contribution in [0.2, 0.25) is 0 Å². The van der Waals surface area contributed by atoms with Gasteiger partial charge in [0.2, 0.25) is 5.91 Å². The van der Waals surface area contributed by atoms with Crippen molar-refractivity contribution in [1.82, 2.24) is 16.0 Å². The van der Waals surface area contributed by atoms with E-state index in [2.05, 4.69) is 16.0 Å². The summed E-state index contributed by atoms with van der Waals surface area (Å²) in [5.41, 5.74) is 1.60. The maximum Gasteiger partial charge on any atom is 0.251 e. The molecule has 0 radical (unpaired) electrons. The minimum absolute atomic E-state index is 0. The molecule has 2 saturated heterocycles. The first-order valence-corrected chi connectivity index (χ1v) is 9.96. The molecule has 1 aromatic rings. The summed E-state index contributed by atoms with van der Waals surface area (Å²) in [6.07, 6.45) is 6.27. The summed E-state index contributed by atoms with van der Waals surface area (Å²) in [7, 11) is 0. The predicted octanol–water partition coefficient (Wildman–Crippen LogP) is 3.17. The lowest BCUT2D eigenvalue weighted by Gasteiger charge is -2.28. The van der Waals surface area contributed by atoms with E-state index in [1.807, 2.05) is 38.1 Å². The zero-order valence-electron chi connectivity index (χ0n) is 16.3. The lowest BCUT2D eigenvalue weighted by molar-refractivity contribution is -0.122. The van der Waals surface area contributed by atoms with Crippen LogP contribution in [0, 0.1) is 5.92 Å². The van der Waals surface area contributed by atoms with Gasteiger partial charge in [-0.25, -0.2) is 0 Å². The van der Waals surface area contributed by atoms with Crippen molar-refractivity contribution in [1.29, 1.82) is 0 Å². The van der Waals surface area contributed by atoms with E-state index in [4.69, 9.17) is 0 Å². The first kappa shape index (κ1) is 21.7.